The molecule has 7 nitrogen and oxygen atoms in total. The molecule has 0 bridgehead atoms. The smallest absolute Gasteiger partial charge is 0.261 e. The van der Waals surface area contributed by atoms with E-state index in [-0.39, 0.29) is 42.0 Å². The molecule has 1 saturated heterocycles. The van der Waals surface area contributed by atoms with Crippen LogP contribution < -0.4 is 9.47 Å². The summed E-state index contributed by atoms with van der Waals surface area (Å²) in [7, 11) is 0. The number of ether oxygens (including phenoxy) is 2. The zero-order valence-corrected chi connectivity index (χ0v) is 13.8. The van der Waals surface area contributed by atoms with Gasteiger partial charge in [0.05, 0.1) is 18.2 Å². The summed E-state index contributed by atoms with van der Waals surface area (Å²) in [6.45, 7) is 5.73. The van der Waals surface area contributed by atoms with Crippen molar-refractivity contribution in [3.8, 4) is 11.5 Å². The molecule has 0 N–H and O–H groups in total. The van der Waals surface area contributed by atoms with Crippen molar-refractivity contribution in [2.24, 2.45) is 5.11 Å². The third kappa shape index (κ3) is 2.73. The summed E-state index contributed by atoms with van der Waals surface area (Å²) in [5, 5.41) is 3.70. The summed E-state index contributed by atoms with van der Waals surface area (Å²) in [5.41, 5.74) is 9.08. The van der Waals surface area contributed by atoms with E-state index in [9.17, 15) is 9.18 Å². The lowest BCUT2D eigenvalue weighted by Crippen LogP contribution is -2.37. The summed E-state index contributed by atoms with van der Waals surface area (Å²) < 4.78 is 25.9. The van der Waals surface area contributed by atoms with E-state index in [2.05, 4.69) is 10.0 Å². The zero-order valence-electron chi connectivity index (χ0n) is 13.8. The van der Waals surface area contributed by atoms with Crippen LogP contribution in [-0.4, -0.2) is 42.1 Å². The van der Waals surface area contributed by atoms with E-state index in [1.54, 1.807) is 25.7 Å². The molecule has 1 aromatic rings. The summed E-state index contributed by atoms with van der Waals surface area (Å²) >= 11 is 0. The van der Waals surface area contributed by atoms with E-state index in [1.165, 1.54) is 6.07 Å². The molecule has 128 valence electrons. The van der Waals surface area contributed by atoms with Gasteiger partial charge < -0.3 is 14.4 Å². The average Bonchev–Trinajstić information content (AvgIpc) is 2.87. The molecule has 0 aromatic heterocycles. The van der Waals surface area contributed by atoms with Crippen molar-refractivity contribution in [2.75, 3.05) is 13.2 Å². The van der Waals surface area contributed by atoms with Crippen LogP contribution in [0.1, 0.15) is 36.2 Å². The number of carbonyl (C=O) groups excluding carboxylic acids is 1. The predicted octanol–water partition coefficient (Wildman–Crippen LogP) is 3.21. The van der Waals surface area contributed by atoms with Crippen LogP contribution in [0.4, 0.5) is 4.39 Å². The van der Waals surface area contributed by atoms with Crippen molar-refractivity contribution in [3.05, 3.63) is 33.5 Å². The molecule has 1 fully saturated rings. The molecule has 2 aliphatic rings. The second-order valence-electron chi connectivity index (χ2n) is 6.39. The Morgan fingerprint density at radius 3 is 2.96 bits per heavy atom. The van der Waals surface area contributed by atoms with E-state index in [0.29, 0.717) is 24.3 Å². The van der Waals surface area contributed by atoms with Gasteiger partial charge in [0, 0.05) is 11.5 Å². The number of azide groups is 1. The minimum Gasteiger partial charge on any atom is -0.490 e. The van der Waals surface area contributed by atoms with Gasteiger partial charge in [-0.25, -0.2) is 4.39 Å². The molecule has 24 heavy (non-hydrogen) atoms. The first kappa shape index (κ1) is 16.4. The largest absolute Gasteiger partial charge is 0.490 e. The molecule has 1 amide bonds. The number of fused-ring (bicyclic) bond motifs is 2. The molecule has 0 aliphatic carbocycles. The van der Waals surface area contributed by atoms with Crippen LogP contribution in [0.15, 0.2) is 11.2 Å². The highest BCUT2D eigenvalue weighted by atomic mass is 19.1. The van der Waals surface area contributed by atoms with E-state index >= 15 is 0 Å². The van der Waals surface area contributed by atoms with Crippen molar-refractivity contribution in [1.29, 1.82) is 0 Å². The van der Waals surface area contributed by atoms with Gasteiger partial charge in [-0.3, -0.25) is 4.79 Å². The number of aryl methyl sites for hydroxylation is 1. The van der Waals surface area contributed by atoms with Crippen LogP contribution in [0.25, 0.3) is 10.4 Å². The summed E-state index contributed by atoms with van der Waals surface area (Å²) in [6.07, 6.45) is 0.248. The Kier molecular flexibility index (Phi) is 4.24. The number of carbonyl (C=O) groups is 1. The third-order valence-corrected chi connectivity index (χ3v) is 4.23. The molecule has 0 spiro atoms. The molecule has 1 aromatic carbocycles. The first-order chi connectivity index (χ1) is 11.4. The topological polar surface area (TPSA) is 87.5 Å². The van der Waals surface area contributed by atoms with Gasteiger partial charge in [-0.2, -0.15) is 0 Å². The van der Waals surface area contributed by atoms with Gasteiger partial charge in [0.1, 0.15) is 17.9 Å². The Morgan fingerprint density at radius 2 is 2.29 bits per heavy atom. The van der Waals surface area contributed by atoms with Gasteiger partial charge in [0.25, 0.3) is 5.91 Å². The highest BCUT2D eigenvalue weighted by Crippen LogP contribution is 2.39. The fourth-order valence-corrected chi connectivity index (χ4v) is 3.18. The quantitative estimate of drug-likeness (QED) is 0.483. The predicted molar refractivity (Wildman–Crippen MR) is 84.8 cm³/mol. The molecule has 2 aliphatic heterocycles. The standard InChI is InChI=1S/C16H19FN4O3/c1-8(2)24-15-13-12(4-9(3)14(15)17)23-7-11-5-10(19-20-18)6-21(11)16(13)22/h4,8,10-11H,5-7H2,1-3H3/t10-,11+/m0/s1. The van der Waals surface area contributed by atoms with Crippen LogP contribution in [-0.2, 0) is 0 Å². The Morgan fingerprint density at radius 1 is 1.54 bits per heavy atom. The van der Waals surface area contributed by atoms with Gasteiger partial charge in [-0.15, -0.1) is 0 Å². The lowest BCUT2D eigenvalue weighted by Gasteiger charge is -2.22. The fraction of sp³-hybridized carbons (Fsp3) is 0.562. The Bertz CT molecular complexity index is 731. The molecule has 0 saturated carbocycles. The molecular weight excluding hydrogens is 315 g/mol. The van der Waals surface area contributed by atoms with Gasteiger partial charge in [-0.1, -0.05) is 5.11 Å². The highest BCUT2D eigenvalue weighted by molar-refractivity contribution is 6.00. The minimum atomic E-state index is -0.552. The van der Waals surface area contributed by atoms with E-state index in [0.717, 1.165) is 0 Å². The highest BCUT2D eigenvalue weighted by Gasteiger charge is 2.41. The second-order valence-corrected chi connectivity index (χ2v) is 6.39. The van der Waals surface area contributed by atoms with Gasteiger partial charge in [0.15, 0.2) is 11.6 Å². The first-order valence-electron chi connectivity index (χ1n) is 7.90. The molecule has 0 radical (unpaired) electrons. The van der Waals surface area contributed by atoms with E-state index in [4.69, 9.17) is 15.0 Å². The summed E-state index contributed by atoms with van der Waals surface area (Å²) in [6, 6.07) is 1.04. The number of amides is 1. The van der Waals surface area contributed by atoms with Crippen LogP contribution in [0, 0.1) is 12.7 Å². The number of nitrogens with zero attached hydrogens (tertiary/aromatic N) is 4. The van der Waals surface area contributed by atoms with Gasteiger partial charge in [-0.05, 0) is 44.4 Å². The second kappa shape index (κ2) is 6.20. The third-order valence-electron chi connectivity index (χ3n) is 4.23. The van der Waals surface area contributed by atoms with Crippen molar-refractivity contribution in [1.82, 2.24) is 4.90 Å². The van der Waals surface area contributed by atoms with Gasteiger partial charge >= 0.3 is 0 Å². The lowest BCUT2D eigenvalue weighted by atomic mass is 10.1. The van der Waals surface area contributed by atoms with Crippen LogP contribution in [0.3, 0.4) is 0 Å². The summed E-state index contributed by atoms with van der Waals surface area (Å²) in [4.78, 5) is 17.4. The van der Waals surface area contributed by atoms with Crippen LogP contribution in [0.2, 0.25) is 0 Å². The van der Waals surface area contributed by atoms with Gasteiger partial charge in [0.2, 0.25) is 0 Å². The van der Waals surface area contributed by atoms with Crippen LogP contribution >= 0.6 is 0 Å². The maximum absolute atomic E-state index is 14.6. The maximum atomic E-state index is 14.6. The number of halogens is 1. The lowest BCUT2D eigenvalue weighted by molar-refractivity contribution is 0.0720. The number of hydrogen-bond donors (Lipinski definition) is 0. The van der Waals surface area contributed by atoms with Crippen molar-refractivity contribution >= 4 is 5.91 Å². The minimum absolute atomic E-state index is 0.0714. The molecule has 2 atom stereocenters. The average molecular weight is 334 g/mol. The number of rotatable bonds is 3. The molecular formula is C16H19FN4O3. The van der Waals surface area contributed by atoms with Crippen molar-refractivity contribution in [2.45, 2.75) is 45.4 Å². The maximum Gasteiger partial charge on any atom is 0.261 e. The number of benzene rings is 1. The Balaban J connectivity index is 2.06. The fourth-order valence-electron chi connectivity index (χ4n) is 3.18. The Labute approximate surface area is 139 Å². The molecule has 2 heterocycles. The monoisotopic (exact) mass is 334 g/mol. The molecule has 0 unspecified atom stereocenters. The summed E-state index contributed by atoms with van der Waals surface area (Å²) in [5.74, 6) is -0.636. The van der Waals surface area contributed by atoms with E-state index < -0.39 is 5.82 Å². The Hall–Kier alpha value is -2.47. The molecule has 8 heteroatoms. The zero-order chi connectivity index (χ0) is 17.4. The normalized spacial score (nSPS) is 22.4. The number of hydrogen-bond acceptors (Lipinski definition) is 4. The molecule has 3 rings (SSSR count). The van der Waals surface area contributed by atoms with E-state index in [1.807, 2.05) is 0 Å². The van der Waals surface area contributed by atoms with Crippen molar-refractivity contribution < 1.29 is 18.7 Å². The first-order valence-corrected chi connectivity index (χ1v) is 7.90. The van der Waals surface area contributed by atoms with Crippen LogP contribution in [0.5, 0.6) is 11.5 Å². The SMILES string of the molecule is Cc1cc2c(c(OC(C)C)c1F)C(=O)N1C[C@@H](N=[N+]=[N-])C[C@@H]1CO2. The van der Waals surface area contributed by atoms with Crippen molar-refractivity contribution in [3.63, 3.8) is 0 Å².